The van der Waals surface area contributed by atoms with E-state index in [-0.39, 0.29) is 0 Å². The van der Waals surface area contributed by atoms with Crippen molar-refractivity contribution in [1.82, 2.24) is 0 Å². The van der Waals surface area contributed by atoms with Crippen LogP contribution in [0, 0.1) is 0 Å². The lowest BCUT2D eigenvalue weighted by Crippen LogP contribution is -2.42. The Labute approximate surface area is 79.0 Å². The van der Waals surface area contributed by atoms with Crippen LogP contribution in [0.5, 0.6) is 0 Å². The highest BCUT2D eigenvalue weighted by atomic mass is 31.2. The molecule has 0 aromatic carbocycles. The van der Waals surface area contributed by atoms with E-state index >= 15 is 0 Å². The summed E-state index contributed by atoms with van der Waals surface area (Å²) in [7, 11) is -4.98. The largest absolute Gasteiger partial charge is 0.472 e. The van der Waals surface area contributed by atoms with E-state index in [4.69, 9.17) is 25.1 Å². The molecule has 9 heteroatoms. The van der Waals surface area contributed by atoms with E-state index in [1.165, 1.54) is 0 Å². The van der Waals surface area contributed by atoms with Crippen LogP contribution in [0.4, 0.5) is 0 Å². The molecule has 0 spiro atoms. The van der Waals surface area contributed by atoms with Crippen LogP contribution in [-0.4, -0.2) is 49.4 Å². The van der Waals surface area contributed by atoms with Gasteiger partial charge in [-0.15, -0.1) is 0 Å². The zero-order chi connectivity index (χ0) is 11.5. The number of aliphatic hydroxyl groups is 3. The average molecular weight is 230 g/mol. The van der Waals surface area contributed by atoms with Crippen molar-refractivity contribution in [3.8, 4) is 0 Å². The zero-order valence-corrected chi connectivity index (χ0v) is 8.03. The van der Waals surface area contributed by atoms with Gasteiger partial charge in [0.05, 0.1) is 0 Å². The fraction of sp³-hybridized carbons (Fsp3) is 0.800. The molecule has 0 aromatic rings. The molecule has 0 aromatic heterocycles. The van der Waals surface area contributed by atoms with E-state index < -0.39 is 32.1 Å². The van der Waals surface area contributed by atoms with Crippen molar-refractivity contribution in [2.75, 3.05) is 0 Å². The van der Waals surface area contributed by atoms with Gasteiger partial charge in [-0.05, 0) is 6.92 Å². The number of carbonyl (C=O) groups is 1. The number of ketones is 1. The minimum absolute atomic E-state index is 0.870. The standard InChI is InChI=1S/C5H11O8P/c1-2(6)3(7)4(8)5(9)13-14(10,11)12/h3-5,7-9H,1H3,(H2,10,11,12)/t3-,4-,5?/m1/s1. The van der Waals surface area contributed by atoms with Crippen molar-refractivity contribution in [2.45, 2.75) is 25.4 Å². The number of hydrogen-bond acceptors (Lipinski definition) is 6. The van der Waals surface area contributed by atoms with Gasteiger partial charge in [-0.2, -0.15) is 0 Å². The van der Waals surface area contributed by atoms with Crippen LogP contribution in [-0.2, 0) is 13.9 Å². The number of carbonyl (C=O) groups excluding carboxylic acids is 1. The molecule has 8 nitrogen and oxygen atoms in total. The Hall–Kier alpha value is -0.340. The quantitative estimate of drug-likeness (QED) is 0.262. The topological polar surface area (TPSA) is 145 Å². The molecule has 84 valence electrons. The van der Waals surface area contributed by atoms with Gasteiger partial charge >= 0.3 is 7.82 Å². The normalized spacial score (nSPS) is 18.7. The molecular weight excluding hydrogens is 219 g/mol. The van der Waals surface area contributed by atoms with Gasteiger partial charge in [0.15, 0.2) is 12.1 Å². The fourth-order valence-electron chi connectivity index (χ4n) is 0.599. The average Bonchev–Trinajstić information content (AvgIpc) is 1.98. The van der Waals surface area contributed by atoms with Gasteiger partial charge in [0, 0.05) is 0 Å². The van der Waals surface area contributed by atoms with Crippen LogP contribution in [0.15, 0.2) is 0 Å². The summed E-state index contributed by atoms with van der Waals surface area (Å²) in [5, 5.41) is 26.6. The molecule has 0 fully saturated rings. The molecular formula is C5H11O8P. The van der Waals surface area contributed by atoms with E-state index in [9.17, 15) is 9.36 Å². The first-order valence-electron chi connectivity index (χ1n) is 3.43. The Kier molecular flexibility index (Phi) is 4.82. The summed E-state index contributed by atoms with van der Waals surface area (Å²) in [5.74, 6) is -0.870. The van der Waals surface area contributed by atoms with Gasteiger partial charge in [-0.3, -0.25) is 9.32 Å². The third-order valence-corrected chi connectivity index (χ3v) is 1.77. The number of hydrogen-bond donors (Lipinski definition) is 5. The van der Waals surface area contributed by atoms with E-state index in [1.807, 2.05) is 0 Å². The van der Waals surface area contributed by atoms with Crippen molar-refractivity contribution < 1.29 is 39.0 Å². The van der Waals surface area contributed by atoms with Gasteiger partial charge in [0.1, 0.15) is 12.2 Å². The van der Waals surface area contributed by atoms with Crippen LogP contribution in [0.2, 0.25) is 0 Å². The van der Waals surface area contributed by atoms with E-state index in [2.05, 4.69) is 4.52 Å². The van der Waals surface area contributed by atoms with Crippen LogP contribution in [0.1, 0.15) is 6.92 Å². The molecule has 0 aliphatic rings. The summed E-state index contributed by atoms with van der Waals surface area (Å²) in [6, 6.07) is 0. The predicted molar refractivity (Wildman–Crippen MR) is 41.8 cm³/mol. The SMILES string of the molecule is CC(=O)[C@@H](O)[C@@H](O)C(O)OP(=O)(O)O. The molecule has 0 heterocycles. The maximum Gasteiger partial charge on any atom is 0.472 e. The molecule has 5 N–H and O–H groups in total. The highest BCUT2D eigenvalue weighted by Crippen LogP contribution is 2.37. The molecule has 0 bridgehead atoms. The van der Waals surface area contributed by atoms with E-state index in [0.29, 0.717) is 0 Å². The Morgan fingerprint density at radius 1 is 1.29 bits per heavy atom. The molecule has 3 atom stereocenters. The number of phosphoric acid groups is 1. The predicted octanol–water partition coefficient (Wildman–Crippen LogP) is -2.28. The monoisotopic (exact) mass is 230 g/mol. The summed E-state index contributed by atoms with van der Waals surface area (Å²) in [4.78, 5) is 26.9. The van der Waals surface area contributed by atoms with Crippen molar-refractivity contribution in [2.24, 2.45) is 0 Å². The molecule has 0 aliphatic carbocycles. The summed E-state index contributed by atoms with van der Waals surface area (Å²) in [6.45, 7) is 0.929. The van der Waals surface area contributed by atoms with E-state index in [1.54, 1.807) is 0 Å². The fourth-order valence-corrected chi connectivity index (χ4v) is 1.01. The summed E-state index contributed by atoms with van der Waals surface area (Å²) < 4.78 is 13.8. The second-order valence-electron chi connectivity index (χ2n) is 2.53. The summed E-state index contributed by atoms with van der Waals surface area (Å²) in [5.41, 5.74) is 0. The van der Waals surface area contributed by atoms with Gasteiger partial charge in [-0.25, -0.2) is 4.57 Å². The van der Waals surface area contributed by atoms with Crippen LogP contribution in [0.3, 0.4) is 0 Å². The molecule has 0 radical (unpaired) electrons. The summed E-state index contributed by atoms with van der Waals surface area (Å²) >= 11 is 0. The molecule has 0 saturated carbocycles. The molecule has 0 aliphatic heterocycles. The third-order valence-electron chi connectivity index (χ3n) is 1.28. The van der Waals surface area contributed by atoms with Crippen molar-refractivity contribution in [3.63, 3.8) is 0 Å². The van der Waals surface area contributed by atoms with Gasteiger partial charge in [-0.1, -0.05) is 0 Å². The number of aliphatic hydroxyl groups excluding tert-OH is 3. The Balaban J connectivity index is 4.32. The Bertz CT molecular complexity index is 246. The summed E-state index contributed by atoms with van der Waals surface area (Å²) in [6.07, 6.45) is -6.41. The third kappa shape index (κ3) is 4.77. The number of rotatable bonds is 5. The smallest absolute Gasteiger partial charge is 0.385 e. The zero-order valence-electron chi connectivity index (χ0n) is 7.14. The van der Waals surface area contributed by atoms with Crippen LogP contribution in [0.25, 0.3) is 0 Å². The molecule has 0 rings (SSSR count). The van der Waals surface area contributed by atoms with Crippen molar-refractivity contribution in [3.05, 3.63) is 0 Å². The first-order chi connectivity index (χ1) is 6.15. The first-order valence-corrected chi connectivity index (χ1v) is 4.97. The highest BCUT2D eigenvalue weighted by Gasteiger charge is 2.33. The lowest BCUT2D eigenvalue weighted by molar-refractivity contribution is -0.162. The highest BCUT2D eigenvalue weighted by molar-refractivity contribution is 7.46. The number of Topliss-reactive ketones (excluding diaryl/α,β-unsaturated/α-hetero) is 1. The lowest BCUT2D eigenvalue weighted by Gasteiger charge is -2.21. The number of phosphoric ester groups is 1. The van der Waals surface area contributed by atoms with Crippen molar-refractivity contribution in [1.29, 1.82) is 0 Å². The lowest BCUT2D eigenvalue weighted by atomic mass is 10.1. The molecule has 0 saturated heterocycles. The van der Waals surface area contributed by atoms with E-state index in [0.717, 1.165) is 6.92 Å². The van der Waals surface area contributed by atoms with Crippen LogP contribution < -0.4 is 0 Å². The maximum atomic E-state index is 10.5. The Morgan fingerprint density at radius 3 is 2.00 bits per heavy atom. The molecule has 14 heavy (non-hydrogen) atoms. The van der Waals surface area contributed by atoms with Crippen molar-refractivity contribution >= 4 is 13.6 Å². The van der Waals surface area contributed by atoms with Gasteiger partial charge < -0.3 is 25.1 Å². The minimum Gasteiger partial charge on any atom is -0.385 e. The minimum atomic E-state index is -4.98. The molecule has 1 unspecified atom stereocenters. The first kappa shape index (κ1) is 13.7. The maximum absolute atomic E-state index is 10.5. The van der Waals surface area contributed by atoms with Gasteiger partial charge in [0.25, 0.3) is 0 Å². The van der Waals surface area contributed by atoms with Crippen LogP contribution >= 0.6 is 7.82 Å². The Morgan fingerprint density at radius 2 is 1.71 bits per heavy atom. The van der Waals surface area contributed by atoms with Gasteiger partial charge in [0.2, 0.25) is 0 Å². The second-order valence-corrected chi connectivity index (χ2v) is 3.72. The molecule has 0 amide bonds. The second kappa shape index (κ2) is 4.94.